The third-order valence-corrected chi connectivity index (χ3v) is 2.77. The number of hydrogen-bond acceptors (Lipinski definition) is 2. The number of nitrogens with zero attached hydrogens (tertiary/aromatic N) is 2. The zero-order valence-electron chi connectivity index (χ0n) is 9.48. The molecule has 2 aromatic rings. The van der Waals surface area contributed by atoms with E-state index in [1.54, 1.807) is 18.7 Å². The lowest BCUT2D eigenvalue weighted by Crippen LogP contribution is -2.03. The van der Waals surface area contributed by atoms with Crippen molar-refractivity contribution in [3.8, 4) is 0 Å². The van der Waals surface area contributed by atoms with Gasteiger partial charge in [-0.1, -0.05) is 0 Å². The van der Waals surface area contributed by atoms with E-state index >= 15 is 0 Å². The summed E-state index contributed by atoms with van der Waals surface area (Å²) in [5, 5.41) is 14.0. The molecule has 5 heteroatoms. The van der Waals surface area contributed by atoms with Crippen LogP contribution in [0.2, 0.25) is 0 Å². The summed E-state index contributed by atoms with van der Waals surface area (Å²) in [5.74, 6) is -1.42. The van der Waals surface area contributed by atoms with Crippen LogP contribution in [0.3, 0.4) is 0 Å². The fourth-order valence-electron chi connectivity index (χ4n) is 1.70. The van der Waals surface area contributed by atoms with Crippen molar-refractivity contribution in [1.82, 2.24) is 9.78 Å². The van der Waals surface area contributed by atoms with Crippen LogP contribution in [-0.4, -0.2) is 14.9 Å². The maximum absolute atomic E-state index is 13.0. The first-order chi connectivity index (χ1) is 7.99. The topological polar surface area (TPSA) is 38.1 Å². The molecule has 1 heterocycles. The van der Waals surface area contributed by atoms with Gasteiger partial charge in [0.25, 0.3) is 0 Å². The minimum Gasteiger partial charge on any atom is -0.384 e. The molecule has 0 radical (unpaired) electrons. The van der Waals surface area contributed by atoms with Crippen LogP contribution >= 0.6 is 0 Å². The molecule has 0 spiro atoms. The Kier molecular flexibility index (Phi) is 2.93. The maximum Gasteiger partial charge on any atom is 0.126 e. The van der Waals surface area contributed by atoms with Crippen LogP contribution in [0.4, 0.5) is 8.78 Å². The van der Waals surface area contributed by atoms with E-state index in [-0.39, 0.29) is 5.56 Å². The monoisotopic (exact) mass is 238 g/mol. The Hall–Kier alpha value is -1.75. The largest absolute Gasteiger partial charge is 0.384 e. The van der Waals surface area contributed by atoms with E-state index in [1.165, 1.54) is 6.20 Å². The molecule has 2 rings (SSSR count). The lowest BCUT2D eigenvalue weighted by Gasteiger charge is -2.11. The van der Waals surface area contributed by atoms with E-state index in [0.717, 1.165) is 23.9 Å². The Labute approximate surface area is 97.3 Å². The van der Waals surface area contributed by atoms with Crippen LogP contribution in [-0.2, 0) is 7.05 Å². The highest BCUT2D eigenvalue weighted by Crippen LogP contribution is 2.25. The van der Waals surface area contributed by atoms with Gasteiger partial charge >= 0.3 is 0 Å². The number of halogens is 2. The molecule has 0 amide bonds. The number of hydrogen-bond donors (Lipinski definition) is 1. The molecule has 1 atom stereocenters. The average molecular weight is 238 g/mol. The molecule has 17 heavy (non-hydrogen) atoms. The molecule has 90 valence electrons. The first-order valence-electron chi connectivity index (χ1n) is 5.11. The minimum absolute atomic E-state index is 0.179. The van der Waals surface area contributed by atoms with E-state index in [0.29, 0.717) is 5.56 Å². The summed E-state index contributed by atoms with van der Waals surface area (Å²) in [6.07, 6.45) is 0.414. The molecular weight excluding hydrogens is 226 g/mol. The fourth-order valence-corrected chi connectivity index (χ4v) is 1.70. The number of aliphatic hydroxyl groups excluding tert-OH is 1. The summed E-state index contributed by atoms with van der Waals surface area (Å²) in [5.41, 5.74) is 1.47. The van der Waals surface area contributed by atoms with Gasteiger partial charge in [0, 0.05) is 24.4 Å². The predicted molar refractivity (Wildman–Crippen MR) is 58.4 cm³/mol. The third-order valence-electron chi connectivity index (χ3n) is 2.77. The van der Waals surface area contributed by atoms with Crippen molar-refractivity contribution in [3.05, 3.63) is 52.9 Å². The number of rotatable bonds is 2. The zero-order valence-corrected chi connectivity index (χ0v) is 9.48. The van der Waals surface area contributed by atoms with Gasteiger partial charge in [0.05, 0.1) is 6.20 Å². The van der Waals surface area contributed by atoms with Gasteiger partial charge in [-0.05, 0) is 24.6 Å². The highest BCUT2D eigenvalue weighted by molar-refractivity contribution is 5.31. The van der Waals surface area contributed by atoms with Crippen LogP contribution in [0.5, 0.6) is 0 Å². The number of aryl methyl sites for hydroxylation is 1. The Balaban J connectivity index is 2.43. The van der Waals surface area contributed by atoms with Gasteiger partial charge in [-0.2, -0.15) is 5.10 Å². The lowest BCUT2D eigenvalue weighted by molar-refractivity contribution is 0.218. The standard InChI is InChI=1S/C12H12F2N2O/c1-7-11(6-15-16(7)2)12(17)8-3-9(13)5-10(14)4-8/h3-6,12,17H,1-2H3. The molecule has 1 aromatic carbocycles. The molecule has 0 aliphatic heterocycles. The van der Waals surface area contributed by atoms with E-state index in [9.17, 15) is 13.9 Å². The van der Waals surface area contributed by atoms with Gasteiger partial charge < -0.3 is 5.11 Å². The maximum atomic E-state index is 13.0. The fraction of sp³-hybridized carbons (Fsp3) is 0.250. The number of aliphatic hydroxyl groups is 1. The van der Waals surface area contributed by atoms with Crippen molar-refractivity contribution in [1.29, 1.82) is 0 Å². The summed E-state index contributed by atoms with van der Waals surface area (Å²) >= 11 is 0. The van der Waals surface area contributed by atoms with E-state index in [1.807, 2.05) is 0 Å². The number of benzene rings is 1. The quantitative estimate of drug-likeness (QED) is 0.870. The van der Waals surface area contributed by atoms with Gasteiger partial charge in [0.2, 0.25) is 0 Å². The van der Waals surface area contributed by atoms with Gasteiger partial charge in [-0.3, -0.25) is 4.68 Å². The second kappa shape index (κ2) is 4.25. The molecule has 0 fully saturated rings. The van der Waals surface area contributed by atoms with Crippen molar-refractivity contribution in [3.63, 3.8) is 0 Å². The Morgan fingerprint density at radius 3 is 2.29 bits per heavy atom. The highest BCUT2D eigenvalue weighted by Gasteiger charge is 2.17. The molecule has 0 saturated heterocycles. The molecule has 0 saturated carbocycles. The zero-order chi connectivity index (χ0) is 12.6. The van der Waals surface area contributed by atoms with Crippen LogP contribution < -0.4 is 0 Å². The second-order valence-corrected chi connectivity index (χ2v) is 3.91. The molecular formula is C12H12F2N2O. The summed E-state index contributed by atoms with van der Waals surface area (Å²) < 4.78 is 27.7. The summed E-state index contributed by atoms with van der Waals surface area (Å²) in [6, 6.07) is 2.99. The van der Waals surface area contributed by atoms with Crippen LogP contribution in [0.15, 0.2) is 24.4 Å². The third kappa shape index (κ3) is 2.19. The lowest BCUT2D eigenvalue weighted by atomic mass is 10.0. The predicted octanol–water partition coefficient (Wildman–Crippen LogP) is 2.09. The van der Waals surface area contributed by atoms with E-state index in [2.05, 4.69) is 5.10 Å². The molecule has 0 aliphatic rings. The molecule has 1 N–H and O–H groups in total. The molecule has 0 aliphatic carbocycles. The van der Waals surface area contributed by atoms with Crippen molar-refractivity contribution in [2.75, 3.05) is 0 Å². The van der Waals surface area contributed by atoms with Crippen molar-refractivity contribution in [2.24, 2.45) is 7.05 Å². The van der Waals surface area contributed by atoms with Crippen LogP contribution in [0.1, 0.15) is 22.9 Å². The Bertz CT molecular complexity index is 531. The summed E-state index contributed by atoms with van der Waals surface area (Å²) in [4.78, 5) is 0. The van der Waals surface area contributed by atoms with Crippen LogP contribution in [0, 0.1) is 18.6 Å². The Morgan fingerprint density at radius 1 is 1.24 bits per heavy atom. The molecule has 3 nitrogen and oxygen atoms in total. The Morgan fingerprint density at radius 2 is 1.82 bits per heavy atom. The molecule has 1 aromatic heterocycles. The van der Waals surface area contributed by atoms with E-state index in [4.69, 9.17) is 0 Å². The first kappa shape index (κ1) is 11.7. The van der Waals surface area contributed by atoms with E-state index < -0.39 is 17.7 Å². The summed E-state index contributed by atoms with van der Waals surface area (Å²) in [6.45, 7) is 1.78. The van der Waals surface area contributed by atoms with Crippen molar-refractivity contribution >= 4 is 0 Å². The first-order valence-corrected chi connectivity index (χ1v) is 5.11. The van der Waals surface area contributed by atoms with Gasteiger partial charge in [-0.15, -0.1) is 0 Å². The summed E-state index contributed by atoms with van der Waals surface area (Å²) in [7, 11) is 1.73. The van der Waals surface area contributed by atoms with Gasteiger partial charge in [0.1, 0.15) is 17.7 Å². The molecule has 1 unspecified atom stereocenters. The average Bonchev–Trinajstić information content (AvgIpc) is 2.57. The SMILES string of the molecule is Cc1c(C(O)c2cc(F)cc(F)c2)cnn1C. The van der Waals surface area contributed by atoms with Crippen LogP contribution in [0.25, 0.3) is 0 Å². The smallest absolute Gasteiger partial charge is 0.126 e. The second-order valence-electron chi connectivity index (χ2n) is 3.91. The van der Waals surface area contributed by atoms with Crippen molar-refractivity contribution in [2.45, 2.75) is 13.0 Å². The number of aromatic nitrogens is 2. The van der Waals surface area contributed by atoms with Gasteiger partial charge in [-0.25, -0.2) is 8.78 Å². The van der Waals surface area contributed by atoms with Crippen molar-refractivity contribution < 1.29 is 13.9 Å². The highest BCUT2D eigenvalue weighted by atomic mass is 19.1. The minimum atomic E-state index is -1.08. The van der Waals surface area contributed by atoms with Gasteiger partial charge in [0.15, 0.2) is 0 Å². The molecule has 0 bridgehead atoms. The normalized spacial score (nSPS) is 12.8.